The number of likely N-dealkylation sites (tertiary alicyclic amines) is 1. The molecular weight excluding hydrogens is 607 g/mol. The van der Waals surface area contributed by atoms with E-state index in [1.807, 2.05) is 18.2 Å². The van der Waals surface area contributed by atoms with Gasteiger partial charge in [0.2, 0.25) is 0 Å². The number of nitrogens with zero attached hydrogens (tertiary/aromatic N) is 1. The fourth-order valence-corrected chi connectivity index (χ4v) is 5.75. The van der Waals surface area contributed by atoms with Crippen molar-refractivity contribution in [3.63, 3.8) is 0 Å². The first-order chi connectivity index (χ1) is 18.3. The van der Waals surface area contributed by atoms with Crippen molar-refractivity contribution in [2.45, 2.75) is 49.4 Å². The molecule has 1 saturated carbocycles. The standard InChI is InChI=1S/C24H29BrClN3O3.C2HF3O2/c1-29-11-10-24(15-4-7-20(31-2)21(12-15)32-3)9-8-17(14-22(24)29)28-23(30)27-16-5-6-18(25)19(26)13-16;3-2(4,5)1(6)7/h4-7,12-13,17,22H,8-11,14H2,1-3H3,(H2,27,28,30);(H,6,7)/t17-,22+,24+;/m1./s1. The highest BCUT2D eigenvalue weighted by molar-refractivity contribution is 9.10. The molecule has 0 unspecified atom stereocenters. The molecule has 2 aromatic rings. The Kier molecular flexibility index (Phi) is 10.0. The first-order valence-electron chi connectivity index (χ1n) is 12.1. The Hall–Kier alpha value is -2.70. The van der Waals surface area contributed by atoms with Gasteiger partial charge in [0.05, 0.1) is 19.2 Å². The summed E-state index contributed by atoms with van der Waals surface area (Å²) >= 11 is 9.51. The molecule has 1 saturated heterocycles. The van der Waals surface area contributed by atoms with Gasteiger partial charge in [0.25, 0.3) is 0 Å². The quantitative estimate of drug-likeness (QED) is 0.369. The highest BCUT2D eigenvalue weighted by atomic mass is 79.9. The Balaban J connectivity index is 0.000000532. The maximum Gasteiger partial charge on any atom is 0.490 e. The molecule has 0 spiro atoms. The molecule has 0 aromatic heterocycles. The molecule has 1 heterocycles. The zero-order valence-corrected chi connectivity index (χ0v) is 23.9. The number of urea groups is 1. The summed E-state index contributed by atoms with van der Waals surface area (Å²) in [6, 6.07) is 11.9. The van der Waals surface area contributed by atoms with Gasteiger partial charge in [-0.15, -0.1) is 0 Å². The monoisotopic (exact) mass is 635 g/mol. The number of carboxylic acid groups (broad SMARTS) is 1. The molecule has 2 amide bonds. The number of aliphatic carboxylic acids is 1. The van der Waals surface area contributed by atoms with Crippen LogP contribution in [0.5, 0.6) is 11.5 Å². The lowest BCUT2D eigenvalue weighted by Crippen LogP contribution is -2.52. The number of alkyl halides is 3. The third kappa shape index (κ3) is 7.29. The first kappa shape index (κ1) is 30.8. The second-order valence-electron chi connectivity index (χ2n) is 9.47. The number of fused-ring (bicyclic) bond motifs is 1. The number of carbonyl (C=O) groups is 2. The second-order valence-corrected chi connectivity index (χ2v) is 10.7. The van der Waals surface area contributed by atoms with Crippen molar-refractivity contribution in [1.29, 1.82) is 0 Å². The number of amides is 2. The Morgan fingerprint density at radius 2 is 1.79 bits per heavy atom. The average molecular weight is 637 g/mol. The first-order valence-corrected chi connectivity index (χ1v) is 13.2. The number of methoxy groups -OCH3 is 2. The van der Waals surface area contributed by atoms with Gasteiger partial charge in [-0.25, -0.2) is 9.59 Å². The van der Waals surface area contributed by atoms with Crippen LogP contribution in [0, 0.1) is 0 Å². The Labute approximate surface area is 237 Å². The van der Waals surface area contributed by atoms with Gasteiger partial charge in [-0.3, -0.25) is 0 Å². The SMILES string of the molecule is COc1ccc([C@@]23CC[C@@H](NC(=O)Nc4ccc(Br)c(Cl)c4)C[C@@H]2N(C)CC3)cc1OC.O=C(O)C(F)(F)F. The van der Waals surface area contributed by atoms with Crippen LogP contribution in [0.2, 0.25) is 5.02 Å². The van der Waals surface area contributed by atoms with Crippen molar-refractivity contribution in [3.05, 3.63) is 51.5 Å². The van der Waals surface area contributed by atoms with Crippen molar-refractivity contribution >= 4 is 45.2 Å². The van der Waals surface area contributed by atoms with E-state index >= 15 is 0 Å². The van der Waals surface area contributed by atoms with Crippen LogP contribution in [0.25, 0.3) is 0 Å². The van der Waals surface area contributed by atoms with E-state index in [0.717, 1.165) is 48.2 Å². The fraction of sp³-hybridized carbons (Fsp3) is 0.462. The smallest absolute Gasteiger partial charge is 0.490 e. The van der Waals surface area contributed by atoms with Crippen LogP contribution >= 0.6 is 27.5 Å². The van der Waals surface area contributed by atoms with Crippen LogP contribution in [-0.4, -0.2) is 68.1 Å². The van der Waals surface area contributed by atoms with Gasteiger partial charge in [-0.1, -0.05) is 17.7 Å². The summed E-state index contributed by atoms with van der Waals surface area (Å²) < 4.78 is 43.5. The maximum absolute atomic E-state index is 12.6. The number of carbonyl (C=O) groups excluding carboxylic acids is 1. The minimum atomic E-state index is -5.08. The topological polar surface area (TPSA) is 100 Å². The number of hydrogen-bond donors (Lipinski definition) is 3. The van der Waals surface area contributed by atoms with Gasteiger partial charge in [0.1, 0.15) is 0 Å². The number of halogens is 5. The summed E-state index contributed by atoms with van der Waals surface area (Å²) in [5.74, 6) is -1.25. The summed E-state index contributed by atoms with van der Waals surface area (Å²) in [6.07, 6.45) is -1.15. The lowest BCUT2D eigenvalue weighted by Gasteiger charge is -2.45. The predicted octanol–water partition coefficient (Wildman–Crippen LogP) is 6.07. The predicted molar refractivity (Wildman–Crippen MR) is 145 cm³/mol. The van der Waals surface area contributed by atoms with Gasteiger partial charge in [0, 0.05) is 27.7 Å². The van der Waals surface area contributed by atoms with Gasteiger partial charge in [-0.2, -0.15) is 13.2 Å². The van der Waals surface area contributed by atoms with E-state index in [-0.39, 0.29) is 17.5 Å². The summed E-state index contributed by atoms with van der Waals surface area (Å²) in [7, 11) is 5.52. The van der Waals surface area contributed by atoms with E-state index in [4.69, 9.17) is 31.0 Å². The molecule has 0 radical (unpaired) electrons. The Morgan fingerprint density at radius 1 is 1.13 bits per heavy atom. The Bertz CT molecular complexity index is 1200. The highest BCUT2D eigenvalue weighted by Gasteiger charge is 2.50. The lowest BCUT2D eigenvalue weighted by atomic mass is 9.65. The minimum Gasteiger partial charge on any atom is -0.493 e. The van der Waals surface area contributed by atoms with Gasteiger partial charge in [0.15, 0.2) is 11.5 Å². The van der Waals surface area contributed by atoms with Crippen molar-refractivity contribution in [1.82, 2.24) is 10.2 Å². The zero-order valence-electron chi connectivity index (χ0n) is 21.6. The van der Waals surface area contributed by atoms with Crippen LogP contribution in [0.4, 0.5) is 23.7 Å². The number of nitrogens with one attached hydrogen (secondary N) is 2. The molecule has 2 aliphatic rings. The number of likely N-dealkylation sites (N-methyl/N-ethyl adjacent to an activating group) is 1. The molecule has 214 valence electrons. The molecule has 3 atom stereocenters. The van der Waals surface area contributed by atoms with E-state index in [2.05, 4.69) is 50.6 Å². The summed E-state index contributed by atoms with van der Waals surface area (Å²) in [5.41, 5.74) is 2.02. The molecule has 8 nitrogen and oxygen atoms in total. The number of hydrogen-bond acceptors (Lipinski definition) is 5. The largest absolute Gasteiger partial charge is 0.493 e. The number of carboxylic acids is 1. The third-order valence-corrected chi connectivity index (χ3v) is 8.47. The summed E-state index contributed by atoms with van der Waals surface area (Å²) in [4.78, 5) is 24.0. The molecule has 2 fully saturated rings. The number of ether oxygens (including phenoxy) is 2. The summed E-state index contributed by atoms with van der Waals surface area (Å²) in [6.45, 7) is 1.04. The molecule has 3 N–H and O–H groups in total. The molecule has 4 rings (SSSR count). The van der Waals surface area contributed by atoms with E-state index < -0.39 is 12.1 Å². The molecule has 2 aromatic carbocycles. The Morgan fingerprint density at radius 3 is 2.38 bits per heavy atom. The van der Waals surface area contributed by atoms with Crippen molar-refractivity contribution in [2.24, 2.45) is 0 Å². The van der Waals surface area contributed by atoms with Crippen LogP contribution in [0.15, 0.2) is 40.9 Å². The highest BCUT2D eigenvalue weighted by Crippen LogP contribution is 2.49. The van der Waals surface area contributed by atoms with Crippen LogP contribution < -0.4 is 20.1 Å². The second kappa shape index (κ2) is 12.6. The van der Waals surface area contributed by atoms with E-state index in [1.54, 1.807) is 20.3 Å². The third-order valence-electron chi connectivity index (χ3n) is 7.24. The molecule has 0 bridgehead atoms. The van der Waals surface area contributed by atoms with Crippen molar-refractivity contribution in [3.8, 4) is 11.5 Å². The lowest BCUT2D eigenvalue weighted by molar-refractivity contribution is -0.192. The van der Waals surface area contributed by atoms with Crippen molar-refractivity contribution in [2.75, 3.05) is 33.1 Å². The molecule has 1 aliphatic heterocycles. The fourth-order valence-electron chi connectivity index (χ4n) is 5.32. The average Bonchev–Trinajstić information content (AvgIpc) is 3.22. The number of rotatable bonds is 5. The van der Waals surface area contributed by atoms with Crippen LogP contribution in [0.1, 0.15) is 31.2 Å². The van der Waals surface area contributed by atoms with Gasteiger partial charge in [-0.05, 0) is 91.1 Å². The molecule has 13 heteroatoms. The minimum absolute atomic E-state index is 0.0577. The van der Waals surface area contributed by atoms with E-state index in [1.165, 1.54) is 5.56 Å². The van der Waals surface area contributed by atoms with E-state index in [0.29, 0.717) is 16.8 Å². The van der Waals surface area contributed by atoms with Crippen LogP contribution in [0.3, 0.4) is 0 Å². The maximum atomic E-state index is 12.6. The number of benzene rings is 2. The van der Waals surface area contributed by atoms with Gasteiger partial charge >= 0.3 is 18.2 Å². The van der Waals surface area contributed by atoms with Crippen molar-refractivity contribution < 1.29 is 37.3 Å². The number of anilines is 1. The molecule has 1 aliphatic carbocycles. The molecular formula is C26H30BrClF3N3O5. The normalized spacial score (nSPS) is 22.7. The van der Waals surface area contributed by atoms with Crippen LogP contribution in [-0.2, 0) is 10.2 Å². The van der Waals surface area contributed by atoms with E-state index in [9.17, 15) is 18.0 Å². The van der Waals surface area contributed by atoms with Gasteiger partial charge < -0.3 is 30.1 Å². The zero-order chi connectivity index (χ0) is 29.0. The molecule has 39 heavy (non-hydrogen) atoms. The summed E-state index contributed by atoms with van der Waals surface area (Å²) in [5, 5.41) is 13.8.